The van der Waals surface area contributed by atoms with Gasteiger partial charge in [-0.15, -0.1) is 0 Å². The van der Waals surface area contributed by atoms with Crippen LogP contribution in [0.2, 0.25) is 0 Å². The summed E-state index contributed by atoms with van der Waals surface area (Å²) in [5, 5.41) is 2.71. The first kappa shape index (κ1) is 21.1. The van der Waals surface area contributed by atoms with E-state index < -0.39 is 15.9 Å². The summed E-state index contributed by atoms with van der Waals surface area (Å²) in [4.78, 5) is 26.8. The van der Waals surface area contributed by atoms with Crippen molar-refractivity contribution in [2.75, 3.05) is 32.7 Å². The van der Waals surface area contributed by atoms with Crippen LogP contribution in [0, 0.1) is 5.92 Å². The minimum absolute atomic E-state index is 0.0358. The molecule has 1 aromatic heterocycles. The molecule has 162 valence electrons. The molecule has 1 aromatic carbocycles. The van der Waals surface area contributed by atoms with Crippen LogP contribution in [-0.2, 0) is 19.6 Å². The van der Waals surface area contributed by atoms with E-state index in [1.165, 1.54) is 10.4 Å². The maximum atomic E-state index is 13.2. The highest BCUT2D eigenvalue weighted by atomic mass is 32.2. The summed E-state index contributed by atoms with van der Waals surface area (Å²) in [5.74, 6) is -0.824. The number of hydrogen-bond donors (Lipinski definition) is 1. The second-order valence-electron chi connectivity index (χ2n) is 7.75. The maximum absolute atomic E-state index is 13.2. The molecule has 1 N–H and O–H groups in total. The van der Waals surface area contributed by atoms with Gasteiger partial charge in [-0.3, -0.25) is 9.59 Å². The van der Waals surface area contributed by atoms with E-state index in [0.29, 0.717) is 30.4 Å². The van der Waals surface area contributed by atoms with Gasteiger partial charge in [-0.2, -0.15) is 13.1 Å². The van der Waals surface area contributed by atoms with Gasteiger partial charge in [0, 0.05) is 26.2 Å². The molecule has 0 unspecified atom stereocenters. The second kappa shape index (κ2) is 8.94. The number of rotatable bonds is 5. The van der Waals surface area contributed by atoms with Crippen molar-refractivity contribution in [3.63, 3.8) is 0 Å². The van der Waals surface area contributed by atoms with E-state index in [2.05, 4.69) is 14.1 Å². The molecule has 0 radical (unpaired) electrons. The molecule has 2 aliphatic heterocycles. The zero-order chi connectivity index (χ0) is 21.1. The Morgan fingerprint density at radius 3 is 2.70 bits per heavy atom. The van der Waals surface area contributed by atoms with Crippen molar-refractivity contribution in [3.05, 3.63) is 18.2 Å². The fraction of sp³-hybridized carbons (Fsp3) is 0.579. The van der Waals surface area contributed by atoms with Crippen LogP contribution in [0.25, 0.3) is 11.0 Å². The van der Waals surface area contributed by atoms with Gasteiger partial charge in [0.2, 0.25) is 21.8 Å². The Labute approximate surface area is 179 Å². The molecule has 30 heavy (non-hydrogen) atoms. The van der Waals surface area contributed by atoms with E-state index >= 15 is 0 Å². The number of likely N-dealkylation sites (tertiary alicyclic amines) is 1. The molecule has 0 spiro atoms. The van der Waals surface area contributed by atoms with Gasteiger partial charge in [0.15, 0.2) is 0 Å². The van der Waals surface area contributed by atoms with E-state index in [0.717, 1.165) is 44.1 Å². The van der Waals surface area contributed by atoms with Crippen molar-refractivity contribution in [1.82, 2.24) is 23.3 Å². The molecule has 0 aliphatic carbocycles. The molecule has 2 aliphatic rings. The maximum Gasteiger partial charge on any atom is 0.245 e. The Balaban J connectivity index is 1.40. The summed E-state index contributed by atoms with van der Waals surface area (Å²) in [6.07, 6.45) is 4.31. The van der Waals surface area contributed by atoms with Gasteiger partial charge in [0.1, 0.15) is 15.9 Å². The molecule has 0 saturated carbocycles. The zero-order valence-electron chi connectivity index (χ0n) is 16.6. The highest BCUT2D eigenvalue weighted by Gasteiger charge is 2.35. The van der Waals surface area contributed by atoms with Crippen LogP contribution < -0.4 is 5.32 Å². The number of amides is 2. The number of sulfonamides is 1. The van der Waals surface area contributed by atoms with Gasteiger partial charge in [-0.1, -0.05) is 6.07 Å². The first-order valence-corrected chi connectivity index (χ1v) is 12.4. The van der Waals surface area contributed by atoms with Crippen molar-refractivity contribution < 1.29 is 18.0 Å². The average Bonchev–Trinajstić information content (AvgIpc) is 3.26. The Morgan fingerprint density at radius 1 is 1.10 bits per heavy atom. The quantitative estimate of drug-likeness (QED) is 0.731. The highest BCUT2D eigenvalue weighted by Crippen LogP contribution is 2.28. The van der Waals surface area contributed by atoms with Gasteiger partial charge >= 0.3 is 0 Å². The van der Waals surface area contributed by atoms with Crippen molar-refractivity contribution in [1.29, 1.82) is 0 Å². The summed E-state index contributed by atoms with van der Waals surface area (Å²) >= 11 is 0.973. The molecular formula is C19H25N5O4S2. The predicted octanol–water partition coefficient (Wildman–Crippen LogP) is 1.22. The highest BCUT2D eigenvalue weighted by molar-refractivity contribution is 7.89. The Morgan fingerprint density at radius 2 is 1.90 bits per heavy atom. The molecule has 0 bridgehead atoms. The van der Waals surface area contributed by atoms with E-state index in [-0.39, 0.29) is 29.8 Å². The second-order valence-corrected chi connectivity index (χ2v) is 10.2. The van der Waals surface area contributed by atoms with Crippen LogP contribution in [0.4, 0.5) is 0 Å². The van der Waals surface area contributed by atoms with E-state index in [1.54, 1.807) is 17.0 Å². The number of nitrogens with one attached hydrogen (secondary N) is 1. The lowest BCUT2D eigenvalue weighted by Crippen LogP contribution is -2.48. The molecule has 1 atom stereocenters. The van der Waals surface area contributed by atoms with Crippen molar-refractivity contribution in [2.24, 2.45) is 5.92 Å². The van der Waals surface area contributed by atoms with E-state index in [4.69, 9.17) is 0 Å². The predicted molar refractivity (Wildman–Crippen MR) is 112 cm³/mol. The third kappa shape index (κ3) is 4.33. The first-order chi connectivity index (χ1) is 14.5. The summed E-state index contributed by atoms with van der Waals surface area (Å²) in [6.45, 7) is 1.89. The zero-order valence-corrected chi connectivity index (χ0v) is 18.3. The minimum Gasteiger partial charge on any atom is -0.347 e. The molecule has 2 aromatic rings. The molecule has 11 heteroatoms. The molecule has 3 heterocycles. The van der Waals surface area contributed by atoms with E-state index in [1.807, 2.05) is 0 Å². The molecule has 4 rings (SSSR count). The van der Waals surface area contributed by atoms with Crippen LogP contribution in [-0.4, -0.2) is 70.9 Å². The lowest BCUT2D eigenvalue weighted by Gasteiger charge is -2.31. The van der Waals surface area contributed by atoms with Crippen LogP contribution in [0.1, 0.15) is 32.1 Å². The summed E-state index contributed by atoms with van der Waals surface area (Å²) in [5.41, 5.74) is 0.907. The van der Waals surface area contributed by atoms with Crippen molar-refractivity contribution in [3.8, 4) is 0 Å². The third-order valence-electron chi connectivity index (χ3n) is 5.74. The number of carbonyl (C=O) groups excluding carboxylic acids is 2. The first-order valence-electron chi connectivity index (χ1n) is 10.2. The lowest BCUT2D eigenvalue weighted by atomic mass is 9.99. The van der Waals surface area contributed by atoms with Crippen LogP contribution >= 0.6 is 11.7 Å². The van der Waals surface area contributed by atoms with Gasteiger partial charge in [-0.25, -0.2) is 8.42 Å². The SMILES string of the molecule is O=C(NCC(=O)N1CCCCC1)[C@@H]1CCCN(S(=O)(=O)c2cccc3nsnc23)C1. The number of carbonyl (C=O) groups is 2. The van der Waals surface area contributed by atoms with Gasteiger partial charge in [0.05, 0.1) is 24.2 Å². The summed E-state index contributed by atoms with van der Waals surface area (Å²) in [6, 6.07) is 4.90. The normalized spacial score (nSPS) is 20.9. The van der Waals surface area contributed by atoms with Crippen molar-refractivity contribution >= 4 is 44.6 Å². The number of hydrogen-bond acceptors (Lipinski definition) is 7. The number of aromatic nitrogens is 2. The number of fused-ring (bicyclic) bond motifs is 1. The Hall–Kier alpha value is -2.11. The van der Waals surface area contributed by atoms with Crippen LogP contribution in [0.15, 0.2) is 23.1 Å². The van der Waals surface area contributed by atoms with E-state index in [9.17, 15) is 18.0 Å². The molecule has 9 nitrogen and oxygen atoms in total. The lowest BCUT2D eigenvalue weighted by molar-refractivity contribution is -0.134. The topological polar surface area (TPSA) is 113 Å². The monoisotopic (exact) mass is 451 g/mol. The fourth-order valence-electron chi connectivity index (χ4n) is 4.07. The number of nitrogens with zero attached hydrogens (tertiary/aromatic N) is 4. The molecular weight excluding hydrogens is 426 g/mol. The molecule has 2 amide bonds. The number of benzene rings is 1. The smallest absolute Gasteiger partial charge is 0.245 e. The van der Waals surface area contributed by atoms with Crippen molar-refractivity contribution in [2.45, 2.75) is 37.0 Å². The number of piperidine rings is 2. The standard InChI is InChI=1S/C19H25N5O4S2/c25-17(23-9-2-1-3-10-23)12-20-19(26)14-6-5-11-24(13-14)30(27,28)16-8-4-7-15-18(16)22-29-21-15/h4,7-8,14H,1-3,5-6,9-13H2,(H,20,26)/t14-/m1/s1. The summed E-state index contributed by atoms with van der Waals surface area (Å²) in [7, 11) is -3.79. The largest absolute Gasteiger partial charge is 0.347 e. The Bertz CT molecular complexity index is 1030. The van der Waals surface area contributed by atoms with Gasteiger partial charge in [0.25, 0.3) is 0 Å². The fourth-order valence-corrected chi connectivity index (χ4v) is 6.34. The van der Waals surface area contributed by atoms with Gasteiger partial charge < -0.3 is 10.2 Å². The van der Waals surface area contributed by atoms with Crippen LogP contribution in [0.3, 0.4) is 0 Å². The minimum atomic E-state index is -3.79. The molecule has 2 fully saturated rings. The molecule has 2 saturated heterocycles. The van der Waals surface area contributed by atoms with Crippen LogP contribution in [0.5, 0.6) is 0 Å². The Kier molecular flexibility index (Phi) is 6.30. The average molecular weight is 452 g/mol. The third-order valence-corrected chi connectivity index (χ3v) is 8.18. The summed E-state index contributed by atoms with van der Waals surface area (Å²) < 4.78 is 36.0. The van der Waals surface area contributed by atoms with Gasteiger partial charge in [-0.05, 0) is 44.2 Å².